The molecule has 0 spiro atoms. The van der Waals surface area contributed by atoms with E-state index in [4.69, 9.17) is 0 Å². The molecule has 28 heavy (non-hydrogen) atoms. The third-order valence-corrected chi connectivity index (χ3v) is 6.24. The molecule has 6 nitrogen and oxygen atoms in total. The molecule has 2 aliphatic carbocycles. The Bertz CT molecular complexity index is 928. The first-order valence-electron chi connectivity index (χ1n) is 9.15. The third-order valence-electron chi connectivity index (χ3n) is 5.48. The molecule has 0 radical (unpaired) electrons. The fourth-order valence-corrected chi connectivity index (χ4v) is 4.28. The van der Waals surface area contributed by atoms with Crippen LogP contribution in [0, 0.1) is 41.6 Å². The second-order valence-corrected chi connectivity index (χ2v) is 8.64. The minimum Gasteiger partial charge on any atom is -0.329 e. The van der Waals surface area contributed by atoms with Crippen molar-refractivity contribution in [3.8, 4) is 6.19 Å². The predicted octanol–water partition coefficient (Wildman–Crippen LogP) is 3.75. The molecule has 9 heteroatoms. The minimum absolute atomic E-state index is 0.0369. The van der Waals surface area contributed by atoms with Gasteiger partial charge in [-0.1, -0.05) is 12.8 Å². The molecule has 2 aromatic heterocycles. The monoisotopic (exact) mass is 403 g/mol. The van der Waals surface area contributed by atoms with E-state index >= 15 is 0 Å². The molecule has 0 saturated heterocycles. The quantitative estimate of drug-likeness (QED) is 0.330. The second kappa shape index (κ2) is 7.09. The summed E-state index contributed by atoms with van der Waals surface area (Å²) < 4.78 is 27.4. The van der Waals surface area contributed by atoms with Gasteiger partial charge in [0.25, 0.3) is 5.91 Å². The van der Waals surface area contributed by atoms with Gasteiger partial charge in [0.2, 0.25) is 11.9 Å². The van der Waals surface area contributed by atoms with Gasteiger partial charge in [-0.25, -0.2) is 4.98 Å². The Labute approximate surface area is 165 Å². The summed E-state index contributed by atoms with van der Waals surface area (Å²) in [5, 5.41) is 12.7. The SMILES string of the molecule is Cc1scnc1C(=O)NC(N(C#N)c1cc(F)nc(F)c1)C1(CC2CC2)CC1. The Hall–Kier alpha value is -2.60. The summed E-state index contributed by atoms with van der Waals surface area (Å²) in [7, 11) is 0. The zero-order valence-electron chi connectivity index (χ0n) is 15.3. The zero-order valence-corrected chi connectivity index (χ0v) is 16.1. The Morgan fingerprint density at radius 2 is 2.11 bits per heavy atom. The fourth-order valence-electron chi connectivity index (χ4n) is 3.71. The number of pyridine rings is 1. The van der Waals surface area contributed by atoms with Crippen molar-refractivity contribution >= 4 is 22.9 Å². The molecule has 0 aromatic carbocycles. The van der Waals surface area contributed by atoms with Gasteiger partial charge in [0, 0.05) is 22.4 Å². The summed E-state index contributed by atoms with van der Waals surface area (Å²) in [5.74, 6) is -1.83. The molecule has 0 aliphatic heterocycles. The maximum absolute atomic E-state index is 13.7. The van der Waals surface area contributed by atoms with Crippen LogP contribution in [0.5, 0.6) is 0 Å². The molecule has 146 valence electrons. The smallest absolute Gasteiger partial charge is 0.272 e. The topological polar surface area (TPSA) is 81.9 Å². The molecule has 2 heterocycles. The lowest BCUT2D eigenvalue weighted by atomic mass is 9.93. The van der Waals surface area contributed by atoms with Crippen LogP contribution >= 0.6 is 11.3 Å². The van der Waals surface area contributed by atoms with E-state index in [1.165, 1.54) is 16.2 Å². The van der Waals surface area contributed by atoms with Crippen LogP contribution in [0.2, 0.25) is 0 Å². The third kappa shape index (κ3) is 3.69. The van der Waals surface area contributed by atoms with Crippen molar-refractivity contribution < 1.29 is 13.6 Å². The summed E-state index contributed by atoms with van der Waals surface area (Å²) >= 11 is 1.36. The number of nitrogens with zero attached hydrogens (tertiary/aromatic N) is 4. The van der Waals surface area contributed by atoms with Crippen LogP contribution < -0.4 is 10.2 Å². The van der Waals surface area contributed by atoms with Crippen molar-refractivity contribution in [1.29, 1.82) is 5.26 Å². The molecular weight excluding hydrogens is 384 g/mol. The highest BCUT2D eigenvalue weighted by Crippen LogP contribution is 2.58. The fraction of sp³-hybridized carbons (Fsp3) is 0.474. The first kappa shape index (κ1) is 18.7. The van der Waals surface area contributed by atoms with Gasteiger partial charge in [0.05, 0.1) is 11.2 Å². The van der Waals surface area contributed by atoms with E-state index in [9.17, 15) is 18.8 Å². The highest BCUT2D eigenvalue weighted by molar-refractivity contribution is 7.09. The highest BCUT2D eigenvalue weighted by Gasteiger charge is 2.55. The van der Waals surface area contributed by atoms with E-state index in [-0.39, 0.29) is 17.0 Å². The maximum Gasteiger partial charge on any atom is 0.272 e. The lowest BCUT2D eigenvalue weighted by Crippen LogP contribution is -2.52. The summed E-state index contributed by atoms with van der Waals surface area (Å²) in [6.45, 7) is 1.80. The lowest BCUT2D eigenvalue weighted by Gasteiger charge is -2.34. The number of aryl methyl sites for hydroxylation is 1. The molecule has 4 rings (SSSR count). The number of amides is 1. The van der Waals surface area contributed by atoms with Gasteiger partial charge in [-0.15, -0.1) is 11.3 Å². The van der Waals surface area contributed by atoms with Gasteiger partial charge in [0.15, 0.2) is 6.19 Å². The van der Waals surface area contributed by atoms with Crippen LogP contribution in [0.3, 0.4) is 0 Å². The van der Waals surface area contributed by atoms with Crippen LogP contribution in [-0.4, -0.2) is 22.0 Å². The summed E-state index contributed by atoms with van der Waals surface area (Å²) in [6, 6.07) is 2.01. The van der Waals surface area contributed by atoms with Crippen molar-refractivity contribution in [3.05, 3.63) is 40.1 Å². The first-order valence-corrected chi connectivity index (χ1v) is 10.0. The average molecular weight is 403 g/mol. The molecule has 2 saturated carbocycles. The largest absolute Gasteiger partial charge is 0.329 e. The van der Waals surface area contributed by atoms with Crippen molar-refractivity contribution in [3.63, 3.8) is 0 Å². The van der Waals surface area contributed by atoms with Crippen LogP contribution in [0.4, 0.5) is 14.5 Å². The number of carbonyl (C=O) groups is 1. The zero-order chi connectivity index (χ0) is 19.9. The molecule has 2 aromatic rings. The molecule has 1 amide bonds. The van der Waals surface area contributed by atoms with Crippen LogP contribution in [-0.2, 0) is 0 Å². The number of nitriles is 1. The molecule has 1 N–H and O–H groups in total. The molecule has 1 unspecified atom stereocenters. The van der Waals surface area contributed by atoms with Crippen LogP contribution in [0.15, 0.2) is 17.6 Å². The van der Waals surface area contributed by atoms with Crippen molar-refractivity contribution in [2.75, 3.05) is 4.90 Å². The number of carbonyl (C=O) groups excluding carboxylic acids is 1. The van der Waals surface area contributed by atoms with E-state index in [2.05, 4.69) is 15.3 Å². The van der Waals surface area contributed by atoms with Gasteiger partial charge in [-0.3, -0.25) is 9.69 Å². The average Bonchev–Trinajstić information content (AvgIpc) is 3.56. The maximum atomic E-state index is 13.7. The van der Waals surface area contributed by atoms with Gasteiger partial charge < -0.3 is 5.32 Å². The van der Waals surface area contributed by atoms with E-state index < -0.39 is 18.1 Å². The number of hydrogen-bond acceptors (Lipinski definition) is 6. The Kier molecular flexibility index (Phi) is 4.75. The normalized spacial score (nSPS) is 18.2. The number of aromatic nitrogens is 2. The van der Waals surface area contributed by atoms with Crippen molar-refractivity contribution in [1.82, 2.24) is 15.3 Å². The van der Waals surface area contributed by atoms with Crippen molar-refractivity contribution in [2.45, 2.75) is 45.2 Å². The summed E-state index contributed by atoms with van der Waals surface area (Å²) in [4.78, 5) is 22.0. The molecule has 2 fully saturated rings. The highest BCUT2D eigenvalue weighted by atomic mass is 32.1. The molecular formula is C19H19F2N5OS. The Morgan fingerprint density at radius 3 is 2.61 bits per heavy atom. The minimum atomic E-state index is -1.01. The number of anilines is 1. The van der Waals surface area contributed by atoms with Gasteiger partial charge in [0.1, 0.15) is 11.9 Å². The Morgan fingerprint density at radius 1 is 1.43 bits per heavy atom. The number of hydrogen-bond donors (Lipinski definition) is 1. The number of rotatable bonds is 7. The van der Waals surface area contributed by atoms with Crippen LogP contribution in [0.1, 0.15) is 47.5 Å². The number of halogens is 2. The molecule has 2 aliphatic rings. The Balaban J connectivity index is 1.68. The van der Waals surface area contributed by atoms with Crippen LogP contribution in [0.25, 0.3) is 0 Å². The number of nitrogens with one attached hydrogen (secondary N) is 1. The lowest BCUT2D eigenvalue weighted by molar-refractivity contribution is 0.0909. The van der Waals surface area contributed by atoms with E-state index in [0.29, 0.717) is 11.6 Å². The second-order valence-electron chi connectivity index (χ2n) is 7.58. The van der Waals surface area contributed by atoms with E-state index in [0.717, 1.165) is 49.1 Å². The van der Waals surface area contributed by atoms with Gasteiger partial charge in [-0.2, -0.15) is 19.0 Å². The summed E-state index contributed by atoms with van der Waals surface area (Å²) in [6.07, 6.45) is 6.16. The van der Waals surface area contributed by atoms with Gasteiger partial charge >= 0.3 is 0 Å². The van der Waals surface area contributed by atoms with Gasteiger partial charge in [-0.05, 0) is 32.1 Å². The number of thiazole rings is 1. The molecule has 1 atom stereocenters. The summed E-state index contributed by atoms with van der Waals surface area (Å²) in [5.41, 5.74) is 1.65. The first-order chi connectivity index (χ1) is 13.4. The molecule has 0 bridgehead atoms. The predicted molar refractivity (Wildman–Crippen MR) is 99.4 cm³/mol. The van der Waals surface area contributed by atoms with Crippen molar-refractivity contribution in [2.24, 2.45) is 11.3 Å². The van der Waals surface area contributed by atoms with E-state index in [1.54, 1.807) is 12.4 Å². The van der Waals surface area contributed by atoms with E-state index in [1.807, 2.05) is 6.19 Å². The standard InChI is InChI=1S/C19H19F2N5OS/c1-11-16(23-10-28-11)17(27)25-18(19(4-5-19)8-12-2-3-12)26(9-22)13-6-14(20)24-15(21)7-13/h6-7,10,12,18H,2-5,8H2,1H3,(H,25,27).